The summed E-state index contributed by atoms with van der Waals surface area (Å²) in [7, 11) is 0. The molecule has 0 atom stereocenters. The van der Waals surface area contributed by atoms with Gasteiger partial charge in [-0.15, -0.1) is 0 Å². The lowest BCUT2D eigenvalue weighted by Gasteiger charge is -2.07. The number of nitrogens with one attached hydrogen (secondary N) is 1. The molecule has 0 spiro atoms. The Labute approximate surface area is 175 Å². The van der Waals surface area contributed by atoms with E-state index in [1.807, 2.05) is 36.4 Å². The Bertz CT molecular complexity index is 1230. The van der Waals surface area contributed by atoms with Crippen molar-refractivity contribution in [2.24, 2.45) is 0 Å². The standard InChI is InChI=1S/C23H17BrN2O3/c24-17-8-11-19-20(12-17)26-23(28)21(25-19)13-22(27)16-6-9-18(10-7-16)29-14-15-4-2-1-3-5-15/h1-13,27H,14H2,(H,26,28)/b22-13-. The second-order valence-electron chi connectivity index (χ2n) is 6.44. The molecule has 0 aliphatic heterocycles. The highest BCUT2D eigenvalue weighted by Gasteiger charge is 2.07. The lowest BCUT2D eigenvalue weighted by Crippen LogP contribution is -2.12. The molecule has 4 aromatic rings. The van der Waals surface area contributed by atoms with Crippen LogP contribution < -0.4 is 10.3 Å². The summed E-state index contributed by atoms with van der Waals surface area (Å²) in [6.07, 6.45) is 1.36. The van der Waals surface area contributed by atoms with Crippen molar-refractivity contribution in [1.29, 1.82) is 0 Å². The van der Waals surface area contributed by atoms with E-state index in [9.17, 15) is 9.90 Å². The third kappa shape index (κ3) is 4.55. The van der Waals surface area contributed by atoms with Crippen LogP contribution >= 0.6 is 15.9 Å². The number of nitrogens with zero attached hydrogens (tertiary/aromatic N) is 1. The summed E-state index contributed by atoms with van der Waals surface area (Å²) >= 11 is 3.36. The molecule has 29 heavy (non-hydrogen) atoms. The van der Waals surface area contributed by atoms with Crippen molar-refractivity contribution in [2.75, 3.05) is 0 Å². The number of aliphatic hydroxyl groups excluding tert-OH is 1. The van der Waals surface area contributed by atoms with E-state index in [2.05, 4.69) is 25.9 Å². The Hall–Kier alpha value is -3.38. The summed E-state index contributed by atoms with van der Waals surface area (Å²) in [5, 5.41) is 10.4. The molecule has 0 aliphatic carbocycles. The SMILES string of the molecule is O=c1[nH]c2cc(Br)ccc2nc1/C=C(\O)c1ccc(OCc2ccccc2)cc1. The number of aromatic amines is 1. The second-order valence-corrected chi connectivity index (χ2v) is 7.36. The van der Waals surface area contributed by atoms with Gasteiger partial charge >= 0.3 is 0 Å². The van der Waals surface area contributed by atoms with Gasteiger partial charge in [0.1, 0.15) is 23.8 Å². The van der Waals surface area contributed by atoms with E-state index >= 15 is 0 Å². The molecule has 144 valence electrons. The molecule has 4 rings (SSSR count). The predicted octanol–water partition coefficient (Wildman–Crippen LogP) is 5.32. The van der Waals surface area contributed by atoms with Gasteiger partial charge in [-0.3, -0.25) is 4.79 Å². The van der Waals surface area contributed by atoms with Crippen molar-refractivity contribution in [3.05, 3.63) is 104 Å². The molecular weight excluding hydrogens is 432 g/mol. The van der Waals surface area contributed by atoms with Gasteiger partial charge in [0.25, 0.3) is 5.56 Å². The monoisotopic (exact) mass is 448 g/mol. The van der Waals surface area contributed by atoms with Crippen molar-refractivity contribution >= 4 is 38.8 Å². The van der Waals surface area contributed by atoms with Crippen LogP contribution in [0.15, 0.2) is 82.1 Å². The van der Waals surface area contributed by atoms with Gasteiger partial charge in [-0.05, 0) is 48.0 Å². The molecule has 6 heteroatoms. The largest absolute Gasteiger partial charge is 0.507 e. The third-order valence-corrected chi connectivity index (χ3v) is 4.85. The highest BCUT2D eigenvalue weighted by atomic mass is 79.9. The molecule has 1 heterocycles. The number of hydrogen-bond donors (Lipinski definition) is 2. The van der Waals surface area contributed by atoms with Crippen LogP contribution in [0.2, 0.25) is 0 Å². The van der Waals surface area contributed by atoms with Crippen molar-refractivity contribution in [3.63, 3.8) is 0 Å². The zero-order valence-electron chi connectivity index (χ0n) is 15.3. The number of aliphatic hydroxyl groups is 1. The van der Waals surface area contributed by atoms with Gasteiger partial charge in [-0.25, -0.2) is 4.98 Å². The maximum atomic E-state index is 12.3. The average Bonchev–Trinajstić information content (AvgIpc) is 2.74. The predicted molar refractivity (Wildman–Crippen MR) is 118 cm³/mol. The van der Waals surface area contributed by atoms with E-state index < -0.39 is 0 Å². The number of ether oxygens (including phenoxy) is 1. The van der Waals surface area contributed by atoms with Crippen molar-refractivity contribution < 1.29 is 9.84 Å². The van der Waals surface area contributed by atoms with Crippen LogP contribution in [0, 0.1) is 0 Å². The van der Waals surface area contributed by atoms with Crippen LogP contribution in [-0.2, 0) is 6.61 Å². The second kappa shape index (κ2) is 8.32. The summed E-state index contributed by atoms with van der Waals surface area (Å²) in [5.41, 5.74) is 2.67. The van der Waals surface area contributed by atoms with E-state index in [-0.39, 0.29) is 17.0 Å². The number of halogens is 1. The quantitative estimate of drug-likeness (QED) is 0.405. The molecule has 5 nitrogen and oxygen atoms in total. The molecule has 0 aliphatic rings. The third-order valence-electron chi connectivity index (χ3n) is 4.35. The fraction of sp³-hybridized carbons (Fsp3) is 0.0435. The number of aromatic nitrogens is 2. The first kappa shape index (κ1) is 19.0. The Kier molecular flexibility index (Phi) is 5.44. The van der Waals surface area contributed by atoms with E-state index in [1.165, 1.54) is 6.08 Å². The molecule has 0 radical (unpaired) electrons. The van der Waals surface area contributed by atoms with Gasteiger partial charge in [0.2, 0.25) is 0 Å². The van der Waals surface area contributed by atoms with E-state index in [0.29, 0.717) is 29.0 Å². The van der Waals surface area contributed by atoms with Crippen LogP contribution in [0.25, 0.3) is 22.9 Å². The van der Waals surface area contributed by atoms with Crippen LogP contribution in [0.1, 0.15) is 16.8 Å². The minimum atomic E-state index is -0.370. The van der Waals surface area contributed by atoms with Gasteiger partial charge in [-0.2, -0.15) is 0 Å². The summed E-state index contributed by atoms with van der Waals surface area (Å²) < 4.78 is 6.60. The van der Waals surface area contributed by atoms with Crippen molar-refractivity contribution in [2.45, 2.75) is 6.61 Å². The summed E-state index contributed by atoms with van der Waals surface area (Å²) in [4.78, 5) is 19.4. The van der Waals surface area contributed by atoms with Crippen LogP contribution in [0.4, 0.5) is 0 Å². The molecule has 3 aromatic carbocycles. The Balaban J connectivity index is 1.53. The molecular formula is C23H17BrN2O3. The summed E-state index contributed by atoms with van der Waals surface area (Å²) in [6, 6.07) is 22.3. The van der Waals surface area contributed by atoms with Crippen molar-refractivity contribution in [3.8, 4) is 5.75 Å². The highest BCUT2D eigenvalue weighted by Crippen LogP contribution is 2.20. The zero-order chi connectivity index (χ0) is 20.2. The number of fused-ring (bicyclic) bond motifs is 1. The smallest absolute Gasteiger partial charge is 0.274 e. The maximum absolute atomic E-state index is 12.3. The molecule has 2 N–H and O–H groups in total. The van der Waals surface area contributed by atoms with Gasteiger partial charge in [-0.1, -0.05) is 46.3 Å². The van der Waals surface area contributed by atoms with Gasteiger partial charge in [0.05, 0.1) is 11.0 Å². The minimum Gasteiger partial charge on any atom is -0.507 e. The molecule has 0 amide bonds. The topological polar surface area (TPSA) is 75.2 Å². The number of benzene rings is 3. The van der Waals surface area contributed by atoms with E-state index in [1.54, 1.807) is 36.4 Å². The molecule has 0 saturated heterocycles. The van der Waals surface area contributed by atoms with E-state index in [0.717, 1.165) is 10.0 Å². The first-order valence-corrected chi connectivity index (χ1v) is 9.75. The molecule has 0 fully saturated rings. The molecule has 1 aromatic heterocycles. The van der Waals surface area contributed by atoms with Gasteiger partial charge in [0.15, 0.2) is 0 Å². The lowest BCUT2D eigenvalue weighted by molar-refractivity contribution is 0.306. The average molecular weight is 449 g/mol. The molecule has 0 saturated carbocycles. The highest BCUT2D eigenvalue weighted by molar-refractivity contribution is 9.10. The van der Waals surface area contributed by atoms with Crippen LogP contribution in [0.5, 0.6) is 5.75 Å². The normalized spacial score (nSPS) is 11.6. The number of H-pyrrole nitrogens is 1. The zero-order valence-corrected chi connectivity index (χ0v) is 16.9. The lowest BCUT2D eigenvalue weighted by atomic mass is 10.1. The Morgan fingerprint density at radius 2 is 1.83 bits per heavy atom. The number of rotatable bonds is 5. The molecule has 0 bridgehead atoms. The van der Waals surface area contributed by atoms with Crippen molar-refractivity contribution in [1.82, 2.24) is 9.97 Å². The fourth-order valence-corrected chi connectivity index (χ4v) is 3.21. The first-order chi connectivity index (χ1) is 14.1. The summed E-state index contributed by atoms with van der Waals surface area (Å²) in [5.74, 6) is 0.645. The van der Waals surface area contributed by atoms with Gasteiger partial charge < -0.3 is 14.8 Å². The Morgan fingerprint density at radius 1 is 1.07 bits per heavy atom. The van der Waals surface area contributed by atoms with Crippen LogP contribution in [-0.4, -0.2) is 15.1 Å². The first-order valence-electron chi connectivity index (χ1n) is 8.96. The fourth-order valence-electron chi connectivity index (χ4n) is 2.85. The number of hydrogen-bond acceptors (Lipinski definition) is 4. The van der Waals surface area contributed by atoms with Crippen LogP contribution in [0.3, 0.4) is 0 Å². The molecule has 0 unspecified atom stereocenters. The summed E-state index contributed by atoms with van der Waals surface area (Å²) in [6.45, 7) is 0.467. The minimum absolute atomic E-state index is 0.0472. The Morgan fingerprint density at radius 3 is 2.59 bits per heavy atom. The van der Waals surface area contributed by atoms with Gasteiger partial charge in [0, 0.05) is 16.1 Å². The van der Waals surface area contributed by atoms with E-state index in [4.69, 9.17) is 4.74 Å². The maximum Gasteiger partial charge on any atom is 0.274 e.